The van der Waals surface area contributed by atoms with E-state index in [4.69, 9.17) is 9.84 Å². The van der Waals surface area contributed by atoms with Crippen molar-refractivity contribution in [2.45, 2.75) is 44.2 Å². The zero-order valence-corrected chi connectivity index (χ0v) is 24.2. The van der Waals surface area contributed by atoms with E-state index in [1.165, 1.54) is 28.9 Å². The minimum absolute atomic E-state index is 0.0161. The van der Waals surface area contributed by atoms with Gasteiger partial charge >= 0.3 is 0 Å². The van der Waals surface area contributed by atoms with E-state index in [1.807, 2.05) is 42.5 Å². The number of carbonyl (C=O) groups excluding carboxylic acids is 2. The van der Waals surface area contributed by atoms with Gasteiger partial charge in [-0.15, -0.1) is 0 Å². The second kappa shape index (κ2) is 13.2. The molecule has 0 atom stereocenters. The summed E-state index contributed by atoms with van der Waals surface area (Å²) in [7, 11) is 0. The van der Waals surface area contributed by atoms with Gasteiger partial charge in [-0.05, 0) is 79.1 Å². The number of amides is 2. The molecule has 3 aromatic heterocycles. The molecule has 230 valence electrons. The summed E-state index contributed by atoms with van der Waals surface area (Å²) in [6.45, 7) is 0.0817. The van der Waals surface area contributed by atoms with Gasteiger partial charge in [-0.1, -0.05) is 36.4 Å². The summed E-state index contributed by atoms with van der Waals surface area (Å²) < 4.78 is 35.1. The molecule has 1 aliphatic carbocycles. The van der Waals surface area contributed by atoms with E-state index in [0.717, 1.165) is 29.0 Å². The lowest BCUT2D eigenvalue weighted by atomic mass is 9.91. The second-order valence-electron chi connectivity index (χ2n) is 11.0. The van der Waals surface area contributed by atoms with Gasteiger partial charge in [0.25, 0.3) is 11.8 Å². The van der Waals surface area contributed by atoms with Gasteiger partial charge < -0.3 is 24.9 Å². The number of hydrogen-bond acceptors (Lipinski definition) is 6. The summed E-state index contributed by atoms with van der Waals surface area (Å²) in [4.78, 5) is 34.3. The van der Waals surface area contributed by atoms with Gasteiger partial charge in [0.05, 0.1) is 6.20 Å². The Morgan fingerprint density at radius 1 is 0.867 bits per heavy atom. The smallest absolute Gasteiger partial charge is 0.271 e. The number of rotatable bonds is 9. The van der Waals surface area contributed by atoms with Crippen LogP contribution in [0, 0.1) is 11.6 Å². The van der Waals surface area contributed by atoms with Crippen molar-refractivity contribution >= 4 is 17.5 Å². The lowest BCUT2D eigenvalue weighted by Gasteiger charge is -2.29. The third-order valence-electron chi connectivity index (χ3n) is 7.84. The Kier molecular flexibility index (Phi) is 8.79. The number of pyridine rings is 2. The first-order valence-electron chi connectivity index (χ1n) is 14.7. The van der Waals surface area contributed by atoms with Crippen LogP contribution in [-0.4, -0.2) is 50.0 Å². The molecule has 3 N–H and O–H groups in total. The van der Waals surface area contributed by atoms with E-state index in [-0.39, 0.29) is 41.7 Å². The first kappa shape index (κ1) is 29.9. The second-order valence-corrected chi connectivity index (χ2v) is 11.0. The van der Waals surface area contributed by atoms with E-state index in [0.29, 0.717) is 43.5 Å². The van der Waals surface area contributed by atoms with E-state index < -0.39 is 17.5 Å². The fourth-order valence-electron chi connectivity index (χ4n) is 5.49. The minimum Gasteiger partial charge on any atom is -0.438 e. The van der Waals surface area contributed by atoms with Crippen molar-refractivity contribution in [3.05, 3.63) is 114 Å². The molecule has 0 spiro atoms. The zero-order valence-electron chi connectivity index (χ0n) is 24.2. The normalized spacial score (nSPS) is 16.3. The number of hydrogen-bond donors (Lipinski definition) is 3. The molecule has 1 fully saturated rings. The Hall–Kier alpha value is -5.16. The molecule has 0 aliphatic heterocycles. The molecule has 1 aliphatic rings. The number of nitrogens with one attached hydrogen (secondary N) is 2. The maximum Gasteiger partial charge on any atom is 0.271 e. The number of ether oxygens (including phenoxy) is 1. The lowest BCUT2D eigenvalue weighted by Crippen LogP contribution is -2.44. The molecular weight excluding hydrogens is 580 g/mol. The summed E-state index contributed by atoms with van der Waals surface area (Å²) >= 11 is 0. The number of imidazole rings is 1. The van der Waals surface area contributed by atoms with Crippen LogP contribution in [0.3, 0.4) is 0 Å². The number of aliphatic hydroxyl groups excluding tert-OH is 1. The predicted molar refractivity (Wildman–Crippen MR) is 163 cm³/mol. The molecule has 45 heavy (non-hydrogen) atoms. The maximum absolute atomic E-state index is 14.2. The van der Waals surface area contributed by atoms with Gasteiger partial charge in [0.15, 0.2) is 0 Å². The zero-order chi connectivity index (χ0) is 31.3. The fraction of sp³-hybridized carbons (Fsp3) is 0.235. The highest BCUT2D eigenvalue weighted by Crippen LogP contribution is 2.29. The van der Waals surface area contributed by atoms with Crippen LogP contribution in [0.15, 0.2) is 85.3 Å². The van der Waals surface area contributed by atoms with Crippen molar-refractivity contribution in [3.8, 4) is 22.8 Å². The molecule has 6 rings (SSSR count). The molecule has 2 aromatic carbocycles. The van der Waals surface area contributed by atoms with Crippen LogP contribution >= 0.6 is 0 Å². The Labute approximate surface area is 257 Å². The summed E-state index contributed by atoms with van der Waals surface area (Å²) in [6.07, 6.45) is 6.78. The third-order valence-corrected chi connectivity index (χ3v) is 7.84. The van der Waals surface area contributed by atoms with Gasteiger partial charge in [0.1, 0.15) is 34.3 Å². The van der Waals surface area contributed by atoms with Crippen LogP contribution in [-0.2, 0) is 6.42 Å². The molecule has 0 unspecified atom stereocenters. The molecule has 0 radical (unpaired) electrons. The average Bonchev–Trinajstić information content (AvgIpc) is 3.47. The quantitative estimate of drug-likeness (QED) is 0.203. The van der Waals surface area contributed by atoms with Crippen LogP contribution in [0.4, 0.5) is 8.78 Å². The van der Waals surface area contributed by atoms with Gasteiger partial charge in [-0.3, -0.25) is 9.59 Å². The first-order valence-corrected chi connectivity index (χ1v) is 14.7. The number of nitrogens with zero attached hydrogens (tertiary/aromatic N) is 3. The molecular formula is C34H31F2N5O4. The van der Waals surface area contributed by atoms with Crippen molar-refractivity contribution < 1.29 is 28.2 Å². The Morgan fingerprint density at radius 2 is 1.60 bits per heavy atom. The van der Waals surface area contributed by atoms with Crippen LogP contribution in [0.2, 0.25) is 0 Å². The van der Waals surface area contributed by atoms with E-state index >= 15 is 0 Å². The van der Waals surface area contributed by atoms with Crippen LogP contribution < -0.4 is 15.4 Å². The highest BCUT2D eigenvalue weighted by atomic mass is 19.1. The van der Waals surface area contributed by atoms with Crippen LogP contribution in [0.5, 0.6) is 11.6 Å². The van der Waals surface area contributed by atoms with Crippen LogP contribution in [0.25, 0.3) is 16.8 Å². The lowest BCUT2D eigenvalue weighted by molar-refractivity contribution is 0.0888. The van der Waals surface area contributed by atoms with Gasteiger partial charge in [-0.25, -0.2) is 18.7 Å². The van der Waals surface area contributed by atoms with E-state index in [9.17, 15) is 18.4 Å². The van der Waals surface area contributed by atoms with Gasteiger partial charge in [0, 0.05) is 31.1 Å². The first-order chi connectivity index (χ1) is 21.8. The Bertz CT molecular complexity index is 1830. The van der Waals surface area contributed by atoms with Crippen LogP contribution in [0.1, 0.15) is 52.1 Å². The molecule has 5 aromatic rings. The maximum atomic E-state index is 14.2. The van der Waals surface area contributed by atoms with Crippen molar-refractivity contribution in [2.24, 2.45) is 0 Å². The molecule has 0 bridgehead atoms. The Balaban J connectivity index is 1.07. The number of aliphatic hydroxyl groups is 1. The minimum atomic E-state index is -0.662. The van der Waals surface area contributed by atoms with Gasteiger partial charge in [-0.2, -0.15) is 0 Å². The SMILES string of the molecule is O=C(NC1CCC(NC(=O)c2cc(F)cnc2Oc2cccc(-c3ccc(CCO)cc3)c2)CC1)c1cn2cc(F)ccc2n1. The van der Waals surface area contributed by atoms with Crippen molar-refractivity contribution in [1.29, 1.82) is 0 Å². The van der Waals surface area contributed by atoms with Gasteiger partial charge in [0.2, 0.25) is 5.88 Å². The predicted octanol–water partition coefficient (Wildman–Crippen LogP) is 5.47. The standard InChI is InChI=1S/C34H31F2N5O4/c35-24-8-13-31-40-30(20-41(31)19-24)33(44)39-27-11-9-26(10-12-27)38-32(43)29-17-25(36)18-37-34(29)45-28-3-1-2-23(16-28)22-6-4-21(5-7-22)14-15-42/h1-8,13,16-20,26-27,42H,9-12,14-15H2,(H,38,43)(H,39,44). The molecule has 11 heteroatoms. The van der Waals surface area contributed by atoms with Crippen molar-refractivity contribution in [2.75, 3.05) is 6.61 Å². The number of halogens is 2. The summed E-state index contributed by atoms with van der Waals surface area (Å²) in [6, 6.07) is 18.7. The van der Waals surface area contributed by atoms with Crippen molar-refractivity contribution in [3.63, 3.8) is 0 Å². The summed E-state index contributed by atoms with van der Waals surface area (Å²) in [5.41, 5.74) is 3.51. The summed E-state index contributed by atoms with van der Waals surface area (Å²) in [5, 5.41) is 15.1. The average molecular weight is 612 g/mol. The number of carbonyl (C=O) groups is 2. The molecule has 2 amide bonds. The molecule has 0 saturated heterocycles. The van der Waals surface area contributed by atoms with E-state index in [2.05, 4.69) is 20.6 Å². The highest BCUT2D eigenvalue weighted by Gasteiger charge is 2.26. The summed E-state index contributed by atoms with van der Waals surface area (Å²) in [5.74, 6) is -1.51. The highest BCUT2D eigenvalue weighted by molar-refractivity contribution is 5.96. The van der Waals surface area contributed by atoms with Crippen molar-refractivity contribution in [1.82, 2.24) is 25.0 Å². The number of aromatic nitrogens is 3. The molecule has 3 heterocycles. The topological polar surface area (TPSA) is 118 Å². The number of benzene rings is 2. The van der Waals surface area contributed by atoms with E-state index in [1.54, 1.807) is 6.07 Å². The number of fused-ring (bicyclic) bond motifs is 1. The Morgan fingerprint density at radius 3 is 2.33 bits per heavy atom. The third kappa shape index (κ3) is 7.15. The monoisotopic (exact) mass is 611 g/mol. The molecule has 1 saturated carbocycles. The fourth-order valence-corrected chi connectivity index (χ4v) is 5.49. The molecule has 9 nitrogen and oxygen atoms in total. The largest absolute Gasteiger partial charge is 0.438 e.